The molecule has 2 aromatic rings. The summed E-state index contributed by atoms with van der Waals surface area (Å²) in [4.78, 5) is 12.7. The van der Waals surface area contributed by atoms with Crippen LogP contribution in [0.4, 0.5) is 8.78 Å². The predicted octanol–water partition coefficient (Wildman–Crippen LogP) is 4.64. The van der Waals surface area contributed by atoms with Crippen LogP contribution in [0.3, 0.4) is 0 Å². The van der Waals surface area contributed by atoms with Gasteiger partial charge in [-0.05, 0) is 43.5 Å². The summed E-state index contributed by atoms with van der Waals surface area (Å²) in [5.74, 6) is -1.39. The number of amides is 1. The maximum Gasteiger partial charge on any atom is 0.231 e. The van der Waals surface area contributed by atoms with Gasteiger partial charge in [0.05, 0.1) is 11.5 Å². The largest absolute Gasteiger partial charge is 0.349 e. The summed E-state index contributed by atoms with van der Waals surface area (Å²) in [6.07, 6.45) is 1.55. The van der Waals surface area contributed by atoms with Crippen LogP contribution in [0.25, 0.3) is 0 Å². The number of benzene rings is 2. The fourth-order valence-electron chi connectivity index (χ4n) is 2.81. The zero-order valence-corrected chi connectivity index (χ0v) is 14.2. The average Bonchev–Trinajstić information content (AvgIpc) is 3.29. The van der Waals surface area contributed by atoms with E-state index in [9.17, 15) is 13.6 Å². The second-order valence-corrected chi connectivity index (χ2v) is 6.87. The molecule has 23 heavy (non-hydrogen) atoms. The molecule has 5 heteroatoms. The summed E-state index contributed by atoms with van der Waals surface area (Å²) in [5, 5.41) is 2.86. The molecule has 0 heterocycles. The number of rotatable bonds is 4. The Balaban J connectivity index is 1.77. The van der Waals surface area contributed by atoms with Gasteiger partial charge in [-0.1, -0.05) is 34.1 Å². The Morgan fingerprint density at radius 3 is 2.39 bits per heavy atom. The van der Waals surface area contributed by atoms with Crippen LogP contribution < -0.4 is 5.32 Å². The summed E-state index contributed by atoms with van der Waals surface area (Å²) in [6.45, 7) is 1.70. The van der Waals surface area contributed by atoms with E-state index in [-0.39, 0.29) is 11.5 Å². The van der Waals surface area contributed by atoms with Crippen molar-refractivity contribution in [2.45, 2.75) is 31.2 Å². The van der Waals surface area contributed by atoms with E-state index in [0.29, 0.717) is 0 Å². The van der Waals surface area contributed by atoms with Gasteiger partial charge in [0.25, 0.3) is 0 Å². The smallest absolute Gasteiger partial charge is 0.231 e. The minimum atomic E-state index is -0.647. The standard InChI is InChI=1S/C18H16BrF2NO/c1-11(15-7-6-14(20)10-16(15)21)22-17(23)18(8-9-18)12-2-4-13(19)5-3-12/h2-7,10-11H,8-9H2,1H3,(H,22,23). The summed E-state index contributed by atoms with van der Waals surface area (Å²) in [5.41, 5.74) is 0.724. The molecule has 0 aliphatic heterocycles. The van der Waals surface area contributed by atoms with Gasteiger partial charge in [-0.2, -0.15) is 0 Å². The second-order valence-electron chi connectivity index (χ2n) is 5.95. The molecule has 2 aromatic carbocycles. The Hall–Kier alpha value is -1.75. The Morgan fingerprint density at radius 2 is 1.83 bits per heavy atom. The van der Waals surface area contributed by atoms with E-state index >= 15 is 0 Å². The third kappa shape index (κ3) is 3.15. The van der Waals surface area contributed by atoms with Gasteiger partial charge in [-0.15, -0.1) is 0 Å². The number of hydrogen-bond acceptors (Lipinski definition) is 1. The van der Waals surface area contributed by atoms with Gasteiger partial charge < -0.3 is 5.32 Å². The first-order valence-electron chi connectivity index (χ1n) is 7.44. The van der Waals surface area contributed by atoms with Crippen molar-refractivity contribution >= 4 is 21.8 Å². The highest BCUT2D eigenvalue weighted by molar-refractivity contribution is 9.10. The molecule has 120 valence electrons. The summed E-state index contributed by atoms with van der Waals surface area (Å²) < 4.78 is 27.8. The first-order valence-corrected chi connectivity index (χ1v) is 8.24. The number of carbonyl (C=O) groups excluding carboxylic acids is 1. The van der Waals surface area contributed by atoms with Crippen LogP contribution in [-0.4, -0.2) is 5.91 Å². The molecule has 1 aliphatic rings. The van der Waals surface area contributed by atoms with E-state index in [2.05, 4.69) is 21.2 Å². The van der Waals surface area contributed by atoms with Crippen LogP contribution in [-0.2, 0) is 10.2 Å². The molecule has 0 bridgehead atoms. The number of hydrogen-bond donors (Lipinski definition) is 1. The van der Waals surface area contributed by atoms with Crippen LogP contribution in [0.1, 0.15) is 36.9 Å². The molecule has 1 N–H and O–H groups in total. The molecule has 1 atom stereocenters. The molecule has 2 nitrogen and oxygen atoms in total. The van der Waals surface area contributed by atoms with Crippen molar-refractivity contribution in [2.24, 2.45) is 0 Å². The number of carbonyl (C=O) groups is 1. The molecule has 0 spiro atoms. The van der Waals surface area contributed by atoms with Crippen LogP contribution in [0.2, 0.25) is 0 Å². The van der Waals surface area contributed by atoms with Crippen LogP contribution in [0.5, 0.6) is 0 Å². The Kier molecular flexibility index (Phi) is 4.23. The molecular weight excluding hydrogens is 364 g/mol. The van der Waals surface area contributed by atoms with Crippen LogP contribution in [0, 0.1) is 11.6 Å². The highest BCUT2D eigenvalue weighted by atomic mass is 79.9. The number of nitrogens with one attached hydrogen (secondary N) is 1. The molecule has 3 rings (SSSR count). The normalized spacial score (nSPS) is 16.7. The molecule has 0 aromatic heterocycles. The first-order chi connectivity index (χ1) is 10.9. The third-order valence-corrected chi connectivity index (χ3v) is 4.89. The summed E-state index contributed by atoms with van der Waals surface area (Å²) >= 11 is 3.38. The lowest BCUT2D eigenvalue weighted by molar-refractivity contribution is -0.124. The van der Waals surface area contributed by atoms with Gasteiger partial charge >= 0.3 is 0 Å². The lowest BCUT2D eigenvalue weighted by Gasteiger charge is -2.21. The zero-order valence-electron chi connectivity index (χ0n) is 12.6. The van der Waals surface area contributed by atoms with E-state index in [1.165, 1.54) is 12.1 Å². The van der Waals surface area contributed by atoms with E-state index < -0.39 is 23.1 Å². The minimum Gasteiger partial charge on any atom is -0.349 e. The Morgan fingerprint density at radius 1 is 1.17 bits per heavy atom. The summed E-state index contributed by atoms with van der Waals surface area (Å²) in [7, 11) is 0. The van der Waals surface area contributed by atoms with Crippen molar-refractivity contribution in [2.75, 3.05) is 0 Å². The van der Waals surface area contributed by atoms with Crippen molar-refractivity contribution in [3.63, 3.8) is 0 Å². The molecule has 0 radical (unpaired) electrons. The fourth-order valence-corrected chi connectivity index (χ4v) is 3.07. The molecule has 0 saturated heterocycles. The van der Waals surface area contributed by atoms with Gasteiger partial charge in [0.15, 0.2) is 0 Å². The van der Waals surface area contributed by atoms with Crippen molar-refractivity contribution < 1.29 is 13.6 Å². The zero-order chi connectivity index (χ0) is 16.6. The third-order valence-electron chi connectivity index (χ3n) is 4.36. The van der Waals surface area contributed by atoms with Crippen molar-refractivity contribution in [3.05, 3.63) is 69.7 Å². The van der Waals surface area contributed by atoms with Crippen molar-refractivity contribution in [1.29, 1.82) is 0 Å². The Labute approximate surface area is 142 Å². The van der Waals surface area contributed by atoms with E-state index in [1.54, 1.807) is 6.92 Å². The molecule has 1 saturated carbocycles. The monoisotopic (exact) mass is 379 g/mol. The molecule has 1 aliphatic carbocycles. The maximum absolute atomic E-state index is 13.8. The maximum atomic E-state index is 13.8. The van der Waals surface area contributed by atoms with Gasteiger partial charge in [0.1, 0.15) is 11.6 Å². The first kappa shape index (κ1) is 16.1. The van der Waals surface area contributed by atoms with E-state index in [0.717, 1.165) is 28.9 Å². The van der Waals surface area contributed by atoms with Crippen molar-refractivity contribution in [1.82, 2.24) is 5.32 Å². The second kappa shape index (κ2) is 6.04. The lowest BCUT2D eigenvalue weighted by atomic mass is 9.94. The van der Waals surface area contributed by atoms with Gasteiger partial charge in [-0.3, -0.25) is 4.79 Å². The number of halogens is 3. The molecule has 1 unspecified atom stereocenters. The van der Waals surface area contributed by atoms with E-state index in [1.807, 2.05) is 24.3 Å². The topological polar surface area (TPSA) is 29.1 Å². The Bertz CT molecular complexity index is 741. The van der Waals surface area contributed by atoms with Gasteiger partial charge in [-0.25, -0.2) is 8.78 Å². The van der Waals surface area contributed by atoms with Crippen LogP contribution >= 0.6 is 15.9 Å². The predicted molar refractivity (Wildman–Crippen MR) is 88.0 cm³/mol. The highest BCUT2D eigenvalue weighted by Crippen LogP contribution is 2.49. The van der Waals surface area contributed by atoms with Crippen molar-refractivity contribution in [3.8, 4) is 0 Å². The molecule has 1 amide bonds. The fraction of sp³-hybridized carbons (Fsp3) is 0.278. The highest BCUT2D eigenvalue weighted by Gasteiger charge is 2.51. The lowest BCUT2D eigenvalue weighted by Crippen LogP contribution is -2.36. The molecular formula is C18H16BrF2NO. The SMILES string of the molecule is CC(NC(=O)C1(c2ccc(Br)cc2)CC1)c1ccc(F)cc1F. The molecule has 1 fully saturated rings. The van der Waals surface area contributed by atoms with Gasteiger partial charge in [0, 0.05) is 16.1 Å². The summed E-state index contributed by atoms with van der Waals surface area (Å²) in [6, 6.07) is 10.6. The van der Waals surface area contributed by atoms with Crippen LogP contribution in [0.15, 0.2) is 46.9 Å². The quantitative estimate of drug-likeness (QED) is 0.823. The average molecular weight is 380 g/mol. The van der Waals surface area contributed by atoms with E-state index in [4.69, 9.17) is 0 Å². The minimum absolute atomic E-state index is 0.115. The van der Waals surface area contributed by atoms with Gasteiger partial charge in [0.2, 0.25) is 5.91 Å².